The van der Waals surface area contributed by atoms with Gasteiger partial charge in [-0.3, -0.25) is 4.98 Å². The van der Waals surface area contributed by atoms with E-state index in [0.717, 1.165) is 28.4 Å². The van der Waals surface area contributed by atoms with Crippen LogP contribution in [0.3, 0.4) is 0 Å². The minimum Gasteiger partial charge on any atom is -0.488 e. The largest absolute Gasteiger partial charge is 0.488 e. The highest BCUT2D eigenvalue weighted by Crippen LogP contribution is 2.44. The molecule has 0 amide bonds. The highest BCUT2D eigenvalue weighted by molar-refractivity contribution is 5.84. The first-order valence-corrected chi connectivity index (χ1v) is 9.74. The molecule has 132 valence electrons. The number of fused-ring (bicyclic) bond motifs is 1. The van der Waals surface area contributed by atoms with Crippen molar-refractivity contribution >= 4 is 10.9 Å². The highest BCUT2D eigenvalue weighted by atomic mass is 16.5. The van der Waals surface area contributed by atoms with Crippen molar-refractivity contribution in [2.24, 2.45) is 17.8 Å². The minimum atomic E-state index is 0.380. The van der Waals surface area contributed by atoms with Gasteiger partial charge >= 0.3 is 0 Å². The van der Waals surface area contributed by atoms with Crippen molar-refractivity contribution in [3.05, 3.63) is 48.8 Å². The number of hydrogen-bond donors (Lipinski definition) is 1. The van der Waals surface area contributed by atoms with Gasteiger partial charge in [-0.2, -0.15) is 0 Å². The Morgan fingerprint density at radius 2 is 1.88 bits per heavy atom. The molecule has 0 radical (unpaired) electrons. The number of nitrogens with one attached hydrogen (secondary N) is 1. The molecule has 1 aliphatic carbocycles. The number of pyridine rings is 1. The van der Waals surface area contributed by atoms with Crippen LogP contribution >= 0.6 is 0 Å². The van der Waals surface area contributed by atoms with Crippen LogP contribution in [-0.2, 0) is 0 Å². The smallest absolute Gasteiger partial charge is 0.138 e. The van der Waals surface area contributed by atoms with E-state index in [4.69, 9.17) is 4.74 Å². The second-order valence-electron chi connectivity index (χ2n) is 8.32. The third-order valence-corrected chi connectivity index (χ3v) is 6.56. The molecular weight excluding hydrogens is 322 g/mol. The Bertz CT molecular complexity index is 917. The van der Waals surface area contributed by atoms with Crippen LogP contribution in [0.1, 0.15) is 12.8 Å². The third-order valence-electron chi connectivity index (χ3n) is 6.56. The number of aromatic amines is 1. The molecule has 26 heavy (non-hydrogen) atoms. The van der Waals surface area contributed by atoms with Gasteiger partial charge in [-0.05, 0) is 48.4 Å². The van der Waals surface area contributed by atoms with Crippen molar-refractivity contribution in [1.82, 2.24) is 14.9 Å². The average Bonchev–Trinajstić information content (AvgIpc) is 3.12. The Balaban J connectivity index is 1.23. The molecule has 0 unspecified atom stereocenters. The first kappa shape index (κ1) is 14.8. The summed E-state index contributed by atoms with van der Waals surface area (Å²) in [6.07, 6.45) is 6.95. The van der Waals surface area contributed by atoms with Gasteiger partial charge in [0.1, 0.15) is 11.9 Å². The van der Waals surface area contributed by atoms with E-state index in [9.17, 15) is 0 Å². The monoisotopic (exact) mass is 345 g/mol. The summed E-state index contributed by atoms with van der Waals surface area (Å²) in [6.45, 7) is 3.76. The van der Waals surface area contributed by atoms with Gasteiger partial charge in [0.15, 0.2) is 0 Å². The zero-order valence-corrected chi connectivity index (χ0v) is 14.8. The van der Waals surface area contributed by atoms with Crippen molar-refractivity contribution in [3.8, 4) is 17.0 Å². The molecule has 3 aromatic rings. The van der Waals surface area contributed by atoms with Crippen LogP contribution < -0.4 is 4.74 Å². The molecule has 5 heterocycles. The number of ether oxygens (including phenoxy) is 1. The van der Waals surface area contributed by atoms with Crippen LogP contribution in [0.15, 0.2) is 48.8 Å². The van der Waals surface area contributed by atoms with E-state index in [1.807, 2.05) is 12.4 Å². The molecule has 7 rings (SSSR count). The summed E-state index contributed by atoms with van der Waals surface area (Å²) in [5.74, 6) is 3.24. The maximum absolute atomic E-state index is 6.44. The van der Waals surface area contributed by atoms with Crippen LogP contribution in [0, 0.1) is 17.8 Å². The SMILES string of the molecule is c1cc2ccc(-c3ccc(OC4[C@H]5CC6C[C@H]4CN(C6)C5)cn3)cc2[nH]1. The van der Waals surface area contributed by atoms with E-state index in [2.05, 4.69) is 51.3 Å². The molecule has 3 saturated heterocycles. The lowest BCUT2D eigenvalue weighted by Gasteiger charge is -2.55. The van der Waals surface area contributed by atoms with Crippen molar-refractivity contribution in [2.45, 2.75) is 18.9 Å². The summed E-state index contributed by atoms with van der Waals surface area (Å²) in [7, 11) is 0. The number of hydrogen-bond acceptors (Lipinski definition) is 3. The number of piperidine rings is 3. The standard InChI is InChI=1S/C22H23N3O/c1-2-16(9-21-15(1)5-6-23-21)20-4-3-19(10-24-20)26-22-17-7-14-8-18(22)13-25(11-14)12-17/h1-6,9-10,14,17-18,22-23H,7-8,11-13H2/t14?,17-,18-,22?/m0/s1. The van der Waals surface area contributed by atoms with Gasteiger partial charge in [-0.15, -0.1) is 0 Å². The molecule has 4 nitrogen and oxygen atoms in total. The molecule has 1 aromatic carbocycles. The second-order valence-corrected chi connectivity index (χ2v) is 8.32. The number of benzene rings is 1. The molecule has 2 aromatic heterocycles. The predicted octanol–water partition coefficient (Wildman–Crippen LogP) is 3.95. The Morgan fingerprint density at radius 1 is 1.00 bits per heavy atom. The molecule has 1 saturated carbocycles. The van der Waals surface area contributed by atoms with Gasteiger partial charge in [0.25, 0.3) is 0 Å². The second kappa shape index (κ2) is 5.58. The molecule has 1 N–H and O–H groups in total. The van der Waals surface area contributed by atoms with E-state index in [-0.39, 0.29) is 0 Å². The van der Waals surface area contributed by atoms with Gasteiger partial charge in [0.05, 0.1) is 11.9 Å². The molecule has 3 aliphatic heterocycles. The zero-order valence-electron chi connectivity index (χ0n) is 14.8. The number of nitrogens with zero attached hydrogens (tertiary/aromatic N) is 2. The van der Waals surface area contributed by atoms with E-state index in [1.54, 1.807) is 0 Å². The number of H-pyrrole nitrogens is 1. The number of rotatable bonds is 3. The Kier molecular flexibility index (Phi) is 3.18. The van der Waals surface area contributed by atoms with Gasteiger partial charge in [-0.1, -0.05) is 12.1 Å². The van der Waals surface area contributed by atoms with Gasteiger partial charge in [-0.25, -0.2) is 0 Å². The molecule has 0 spiro atoms. The molecule has 2 atom stereocenters. The lowest BCUT2D eigenvalue weighted by Crippen LogP contribution is -2.61. The first-order valence-electron chi connectivity index (χ1n) is 9.74. The lowest BCUT2D eigenvalue weighted by atomic mass is 9.66. The summed E-state index contributed by atoms with van der Waals surface area (Å²) < 4.78 is 6.44. The fourth-order valence-electron chi connectivity index (χ4n) is 5.54. The van der Waals surface area contributed by atoms with Crippen molar-refractivity contribution in [3.63, 3.8) is 0 Å². The van der Waals surface area contributed by atoms with Crippen molar-refractivity contribution < 1.29 is 4.74 Å². The molecule has 4 fully saturated rings. The zero-order chi connectivity index (χ0) is 17.1. The average molecular weight is 345 g/mol. The van der Waals surface area contributed by atoms with Gasteiger partial charge < -0.3 is 14.6 Å². The fraction of sp³-hybridized carbons (Fsp3) is 0.409. The Morgan fingerprint density at radius 3 is 2.65 bits per heavy atom. The summed E-state index contributed by atoms with van der Waals surface area (Å²) in [4.78, 5) is 10.6. The lowest BCUT2D eigenvalue weighted by molar-refractivity contribution is -0.0985. The van der Waals surface area contributed by atoms with E-state index >= 15 is 0 Å². The normalized spacial score (nSPS) is 32.2. The van der Waals surface area contributed by atoms with Crippen LogP contribution in [0.5, 0.6) is 5.75 Å². The van der Waals surface area contributed by atoms with Gasteiger partial charge in [0, 0.05) is 48.7 Å². The van der Waals surface area contributed by atoms with Crippen molar-refractivity contribution in [1.29, 1.82) is 0 Å². The number of aromatic nitrogens is 2. The fourth-order valence-corrected chi connectivity index (χ4v) is 5.54. The van der Waals surface area contributed by atoms with E-state index in [0.29, 0.717) is 17.9 Å². The third kappa shape index (κ3) is 2.36. The summed E-state index contributed by atoms with van der Waals surface area (Å²) in [6, 6.07) is 12.7. The van der Waals surface area contributed by atoms with Crippen molar-refractivity contribution in [2.75, 3.05) is 19.6 Å². The maximum atomic E-state index is 6.44. The molecule has 4 heteroatoms. The Labute approximate surface area is 153 Å². The van der Waals surface area contributed by atoms with Crippen LogP contribution in [-0.4, -0.2) is 40.6 Å². The first-order chi connectivity index (χ1) is 12.8. The van der Waals surface area contributed by atoms with Crippen LogP contribution in [0.4, 0.5) is 0 Å². The maximum Gasteiger partial charge on any atom is 0.138 e. The van der Waals surface area contributed by atoms with Gasteiger partial charge in [0.2, 0.25) is 0 Å². The summed E-state index contributed by atoms with van der Waals surface area (Å²) >= 11 is 0. The van der Waals surface area contributed by atoms with Crippen LogP contribution in [0.25, 0.3) is 22.2 Å². The topological polar surface area (TPSA) is 41.1 Å². The minimum absolute atomic E-state index is 0.380. The van der Waals surface area contributed by atoms with Crippen LogP contribution in [0.2, 0.25) is 0 Å². The van der Waals surface area contributed by atoms with E-state index < -0.39 is 0 Å². The quantitative estimate of drug-likeness (QED) is 0.781. The molecule has 4 bridgehead atoms. The Hall–Kier alpha value is -2.33. The molecule has 4 aliphatic rings. The highest BCUT2D eigenvalue weighted by Gasteiger charge is 2.48. The predicted molar refractivity (Wildman–Crippen MR) is 102 cm³/mol. The molecular formula is C22H23N3O. The summed E-state index contributed by atoms with van der Waals surface area (Å²) in [5.41, 5.74) is 3.27. The summed E-state index contributed by atoms with van der Waals surface area (Å²) in [5, 5.41) is 1.23. The van der Waals surface area contributed by atoms with E-state index in [1.165, 1.54) is 37.9 Å².